The summed E-state index contributed by atoms with van der Waals surface area (Å²) >= 11 is 0. The van der Waals surface area contributed by atoms with Crippen LogP contribution in [-0.4, -0.2) is 63.0 Å². The normalized spacial score (nSPS) is 15.1. The highest BCUT2D eigenvalue weighted by Gasteiger charge is 2.40. The minimum absolute atomic E-state index is 0.116. The molecule has 1 fully saturated rings. The number of methoxy groups -OCH3 is 2. The molecule has 0 N–H and O–H groups in total. The van der Waals surface area contributed by atoms with E-state index >= 15 is 0 Å². The van der Waals surface area contributed by atoms with Crippen molar-refractivity contribution in [3.8, 4) is 11.5 Å². The molecule has 0 aliphatic carbocycles. The second-order valence-electron chi connectivity index (χ2n) is 7.28. The lowest BCUT2D eigenvalue weighted by molar-refractivity contribution is -0.393. The van der Waals surface area contributed by atoms with E-state index in [1.807, 2.05) is 0 Å². The zero-order valence-corrected chi connectivity index (χ0v) is 19.1. The molecule has 0 atom stereocenters. The first-order valence-electron chi connectivity index (χ1n) is 9.82. The van der Waals surface area contributed by atoms with E-state index in [1.54, 1.807) is 0 Å². The predicted molar refractivity (Wildman–Crippen MR) is 115 cm³/mol. The van der Waals surface area contributed by atoms with Crippen molar-refractivity contribution >= 4 is 27.1 Å². The molecule has 190 valence electrons. The van der Waals surface area contributed by atoms with Crippen molar-refractivity contribution in [2.24, 2.45) is 0 Å². The number of nitrogens with zero attached hydrogens (tertiary/aromatic N) is 4. The molecule has 1 aliphatic heterocycles. The van der Waals surface area contributed by atoms with E-state index < -0.39 is 48.7 Å². The number of hydrogen-bond donors (Lipinski definition) is 0. The molecule has 0 unspecified atom stereocenters. The molecule has 35 heavy (non-hydrogen) atoms. The van der Waals surface area contributed by atoms with Crippen LogP contribution >= 0.6 is 0 Å². The largest absolute Gasteiger partial charge is 0.493 e. The SMILES string of the molecule is COc1ccc(S(=O)(=O)N2CCN(c3c([N+](=O)[O-])cc(C(F)(F)F)cc3[N+](=O)[O-])CC2)cc1OC. The number of nitro benzene ring substituents is 2. The standard InChI is InChI=1S/C19H19F3N4O8S/c1-33-16-4-3-13(11-17(16)34-2)35(31,32)24-7-5-23(6-8-24)18-14(25(27)28)9-12(19(20,21)22)10-15(18)26(29)30/h3-4,9-11H,5-8H2,1-2H3. The molecule has 0 saturated carbocycles. The summed E-state index contributed by atoms with van der Waals surface area (Å²) in [6.45, 7) is -0.933. The number of rotatable bonds is 7. The van der Waals surface area contributed by atoms with Crippen LogP contribution in [-0.2, 0) is 16.2 Å². The Labute approximate surface area is 196 Å². The second-order valence-corrected chi connectivity index (χ2v) is 9.22. The van der Waals surface area contributed by atoms with Gasteiger partial charge in [0.2, 0.25) is 10.0 Å². The molecular formula is C19H19F3N4O8S. The van der Waals surface area contributed by atoms with Gasteiger partial charge < -0.3 is 14.4 Å². The Kier molecular flexibility index (Phi) is 7.07. The van der Waals surface area contributed by atoms with Gasteiger partial charge in [-0.25, -0.2) is 8.42 Å². The summed E-state index contributed by atoms with van der Waals surface area (Å²) in [5.74, 6) is 0.474. The van der Waals surface area contributed by atoms with E-state index in [4.69, 9.17) is 9.47 Å². The molecule has 12 nitrogen and oxygen atoms in total. The molecule has 0 amide bonds. The highest BCUT2D eigenvalue weighted by Crippen LogP contribution is 2.43. The third kappa shape index (κ3) is 5.07. The zero-order chi connectivity index (χ0) is 26.1. The minimum Gasteiger partial charge on any atom is -0.493 e. The molecule has 3 rings (SSSR count). The molecule has 1 saturated heterocycles. The molecular weight excluding hydrogens is 501 g/mol. The quantitative estimate of drug-likeness (QED) is 0.397. The van der Waals surface area contributed by atoms with Crippen LogP contribution in [0.2, 0.25) is 0 Å². The van der Waals surface area contributed by atoms with E-state index in [9.17, 15) is 41.8 Å². The average molecular weight is 520 g/mol. The van der Waals surface area contributed by atoms with Crippen LogP contribution in [0.4, 0.5) is 30.2 Å². The predicted octanol–water partition coefficient (Wildman–Crippen LogP) is 3.05. The van der Waals surface area contributed by atoms with Gasteiger partial charge in [-0.1, -0.05) is 0 Å². The Balaban J connectivity index is 1.93. The number of nitro groups is 2. The number of piperazine rings is 1. The Morgan fingerprint density at radius 1 is 0.886 bits per heavy atom. The lowest BCUT2D eigenvalue weighted by Crippen LogP contribution is -2.49. The van der Waals surface area contributed by atoms with E-state index in [0.29, 0.717) is 5.75 Å². The zero-order valence-electron chi connectivity index (χ0n) is 18.3. The van der Waals surface area contributed by atoms with Crippen LogP contribution in [0.15, 0.2) is 35.2 Å². The maximum absolute atomic E-state index is 13.1. The molecule has 2 aromatic rings. The van der Waals surface area contributed by atoms with Gasteiger partial charge in [-0.3, -0.25) is 20.2 Å². The molecule has 16 heteroatoms. The fourth-order valence-electron chi connectivity index (χ4n) is 3.65. The summed E-state index contributed by atoms with van der Waals surface area (Å²) in [4.78, 5) is 21.8. The van der Waals surface area contributed by atoms with Crippen LogP contribution in [0, 0.1) is 20.2 Å². The van der Waals surface area contributed by atoms with E-state index in [2.05, 4.69) is 0 Å². The van der Waals surface area contributed by atoms with Crippen molar-refractivity contribution in [1.29, 1.82) is 0 Å². The van der Waals surface area contributed by atoms with Crippen LogP contribution in [0.25, 0.3) is 0 Å². The Morgan fingerprint density at radius 2 is 1.40 bits per heavy atom. The number of anilines is 1. The van der Waals surface area contributed by atoms with E-state index in [0.717, 1.165) is 9.21 Å². The van der Waals surface area contributed by atoms with Crippen molar-refractivity contribution < 1.29 is 40.9 Å². The summed E-state index contributed by atoms with van der Waals surface area (Å²) in [7, 11) is -1.34. The van der Waals surface area contributed by atoms with Gasteiger partial charge in [-0.05, 0) is 12.1 Å². The number of ether oxygens (including phenoxy) is 2. The van der Waals surface area contributed by atoms with Gasteiger partial charge in [0, 0.05) is 44.4 Å². The lowest BCUT2D eigenvalue weighted by Gasteiger charge is -2.34. The Morgan fingerprint density at radius 3 is 1.83 bits per heavy atom. The molecule has 0 bridgehead atoms. The molecule has 0 radical (unpaired) electrons. The van der Waals surface area contributed by atoms with E-state index in [1.165, 1.54) is 32.4 Å². The van der Waals surface area contributed by atoms with Gasteiger partial charge in [-0.2, -0.15) is 17.5 Å². The summed E-state index contributed by atoms with van der Waals surface area (Å²) in [6.07, 6.45) is -5.04. The maximum atomic E-state index is 13.1. The molecule has 0 spiro atoms. The second kappa shape index (κ2) is 9.53. The van der Waals surface area contributed by atoms with Gasteiger partial charge in [0.05, 0.1) is 34.5 Å². The molecule has 2 aromatic carbocycles. The van der Waals surface area contributed by atoms with Crippen LogP contribution < -0.4 is 14.4 Å². The van der Waals surface area contributed by atoms with Crippen molar-refractivity contribution in [1.82, 2.24) is 4.31 Å². The Hall–Kier alpha value is -3.66. The number of sulfonamides is 1. The minimum atomic E-state index is -5.04. The smallest absolute Gasteiger partial charge is 0.416 e. The topological polar surface area (TPSA) is 145 Å². The fraction of sp³-hybridized carbons (Fsp3) is 0.368. The van der Waals surface area contributed by atoms with Gasteiger partial charge in [-0.15, -0.1) is 0 Å². The highest BCUT2D eigenvalue weighted by atomic mass is 32.2. The number of halogens is 3. The number of alkyl halides is 3. The summed E-state index contributed by atoms with van der Waals surface area (Å²) < 4.78 is 76.8. The van der Waals surface area contributed by atoms with Gasteiger partial charge in [0.25, 0.3) is 11.4 Å². The van der Waals surface area contributed by atoms with Crippen LogP contribution in [0.3, 0.4) is 0 Å². The monoisotopic (exact) mass is 520 g/mol. The van der Waals surface area contributed by atoms with Gasteiger partial charge in [0.1, 0.15) is 0 Å². The van der Waals surface area contributed by atoms with Crippen molar-refractivity contribution in [2.45, 2.75) is 11.1 Å². The van der Waals surface area contributed by atoms with Crippen molar-refractivity contribution in [3.63, 3.8) is 0 Å². The van der Waals surface area contributed by atoms with E-state index in [-0.39, 0.29) is 49.0 Å². The van der Waals surface area contributed by atoms with Gasteiger partial charge >= 0.3 is 6.18 Å². The first-order chi connectivity index (χ1) is 16.3. The van der Waals surface area contributed by atoms with Crippen LogP contribution in [0.1, 0.15) is 5.56 Å². The highest BCUT2D eigenvalue weighted by molar-refractivity contribution is 7.89. The summed E-state index contributed by atoms with van der Waals surface area (Å²) in [5.41, 5.74) is -4.34. The fourth-order valence-corrected chi connectivity index (χ4v) is 5.09. The summed E-state index contributed by atoms with van der Waals surface area (Å²) in [6, 6.07) is 4.42. The first-order valence-corrected chi connectivity index (χ1v) is 11.3. The Bertz CT molecular complexity index is 1230. The molecule has 1 heterocycles. The molecule has 0 aromatic heterocycles. The van der Waals surface area contributed by atoms with Crippen molar-refractivity contribution in [2.75, 3.05) is 45.3 Å². The lowest BCUT2D eigenvalue weighted by atomic mass is 10.1. The number of hydrogen-bond acceptors (Lipinski definition) is 9. The van der Waals surface area contributed by atoms with Crippen molar-refractivity contribution in [3.05, 3.63) is 56.1 Å². The maximum Gasteiger partial charge on any atom is 0.416 e. The third-order valence-electron chi connectivity index (χ3n) is 5.34. The van der Waals surface area contributed by atoms with Crippen LogP contribution in [0.5, 0.6) is 11.5 Å². The van der Waals surface area contributed by atoms with Gasteiger partial charge in [0.15, 0.2) is 17.2 Å². The number of benzene rings is 2. The first kappa shape index (κ1) is 26.0. The average Bonchev–Trinajstić information content (AvgIpc) is 2.82. The summed E-state index contributed by atoms with van der Waals surface area (Å²) in [5, 5.41) is 23.0. The third-order valence-corrected chi connectivity index (χ3v) is 7.23. The molecule has 1 aliphatic rings.